The molecular weight excluding hydrogens is 260 g/mol. The van der Waals surface area contributed by atoms with E-state index in [1.807, 2.05) is 13.8 Å². The summed E-state index contributed by atoms with van der Waals surface area (Å²) in [4.78, 5) is 26.8. The molecule has 0 fully saturated rings. The summed E-state index contributed by atoms with van der Waals surface area (Å²) in [6.45, 7) is 5.64. The van der Waals surface area contributed by atoms with E-state index in [0.29, 0.717) is 51.9 Å². The van der Waals surface area contributed by atoms with Crippen LogP contribution in [0.15, 0.2) is 0 Å². The largest absolute Gasteiger partial charge is 0.395 e. The Kier molecular flexibility index (Phi) is 11.0. The number of rotatable bonds is 11. The second-order valence-corrected chi connectivity index (χ2v) is 4.60. The number of aliphatic hydroxyl groups excluding tert-OH is 2. The summed E-state index contributed by atoms with van der Waals surface area (Å²) in [6.07, 6.45) is 2.16. The van der Waals surface area contributed by atoms with Crippen molar-refractivity contribution in [1.29, 1.82) is 0 Å². The van der Waals surface area contributed by atoms with E-state index in [0.717, 1.165) is 0 Å². The molecule has 0 saturated carbocycles. The second-order valence-electron chi connectivity index (χ2n) is 4.60. The van der Waals surface area contributed by atoms with Crippen LogP contribution in [0.1, 0.15) is 39.5 Å². The van der Waals surface area contributed by atoms with Gasteiger partial charge in [0.15, 0.2) is 0 Å². The molecular formula is C14H28N2O4. The third kappa shape index (κ3) is 7.45. The monoisotopic (exact) mass is 288 g/mol. The van der Waals surface area contributed by atoms with E-state index in [-0.39, 0.29) is 25.0 Å². The van der Waals surface area contributed by atoms with E-state index < -0.39 is 0 Å². The minimum atomic E-state index is -0.0231. The molecule has 0 atom stereocenters. The van der Waals surface area contributed by atoms with Crippen LogP contribution in [0.4, 0.5) is 0 Å². The third-order valence-electron chi connectivity index (χ3n) is 3.24. The van der Waals surface area contributed by atoms with Gasteiger partial charge in [0, 0.05) is 39.0 Å². The van der Waals surface area contributed by atoms with Crippen molar-refractivity contribution in [3.8, 4) is 0 Å². The summed E-state index contributed by atoms with van der Waals surface area (Å²) in [5.74, 6) is 0.0495. The van der Waals surface area contributed by atoms with Crippen molar-refractivity contribution in [3.63, 3.8) is 0 Å². The molecule has 0 spiro atoms. The van der Waals surface area contributed by atoms with E-state index in [1.165, 1.54) is 0 Å². The molecule has 0 unspecified atom stereocenters. The van der Waals surface area contributed by atoms with Gasteiger partial charge in [-0.2, -0.15) is 0 Å². The summed E-state index contributed by atoms with van der Waals surface area (Å²) in [7, 11) is 0. The average Bonchev–Trinajstić information content (AvgIpc) is 2.46. The van der Waals surface area contributed by atoms with Crippen molar-refractivity contribution in [2.75, 3.05) is 39.4 Å². The normalized spacial score (nSPS) is 10.4. The first-order valence-corrected chi connectivity index (χ1v) is 7.37. The number of aliphatic hydroxyl groups is 2. The van der Waals surface area contributed by atoms with Gasteiger partial charge in [-0.05, 0) is 26.7 Å². The van der Waals surface area contributed by atoms with Crippen LogP contribution in [0.5, 0.6) is 0 Å². The van der Waals surface area contributed by atoms with Crippen LogP contribution in [0.25, 0.3) is 0 Å². The van der Waals surface area contributed by atoms with Crippen molar-refractivity contribution in [2.45, 2.75) is 39.5 Å². The van der Waals surface area contributed by atoms with Gasteiger partial charge in [-0.15, -0.1) is 0 Å². The van der Waals surface area contributed by atoms with Crippen LogP contribution in [-0.4, -0.2) is 71.2 Å². The molecule has 0 aromatic rings. The smallest absolute Gasteiger partial charge is 0.222 e. The third-order valence-corrected chi connectivity index (χ3v) is 3.24. The maximum Gasteiger partial charge on any atom is 0.222 e. The van der Waals surface area contributed by atoms with Crippen LogP contribution >= 0.6 is 0 Å². The lowest BCUT2D eigenvalue weighted by Gasteiger charge is -2.20. The van der Waals surface area contributed by atoms with Gasteiger partial charge in [0.25, 0.3) is 0 Å². The lowest BCUT2D eigenvalue weighted by atomic mass is 10.1. The van der Waals surface area contributed by atoms with E-state index >= 15 is 0 Å². The molecule has 0 aliphatic carbocycles. The molecule has 2 N–H and O–H groups in total. The highest BCUT2D eigenvalue weighted by molar-refractivity contribution is 5.77. The van der Waals surface area contributed by atoms with E-state index in [9.17, 15) is 9.59 Å². The predicted octanol–water partition coefficient (Wildman–Crippen LogP) is 0.228. The summed E-state index contributed by atoms with van der Waals surface area (Å²) in [6, 6.07) is 0. The van der Waals surface area contributed by atoms with Crippen molar-refractivity contribution >= 4 is 11.8 Å². The first-order chi connectivity index (χ1) is 9.60. The zero-order valence-corrected chi connectivity index (χ0v) is 12.7. The van der Waals surface area contributed by atoms with Gasteiger partial charge < -0.3 is 20.0 Å². The van der Waals surface area contributed by atoms with E-state index in [2.05, 4.69) is 0 Å². The highest BCUT2D eigenvalue weighted by Crippen LogP contribution is 2.06. The lowest BCUT2D eigenvalue weighted by molar-refractivity contribution is -0.133. The van der Waals surface area contributed by atoms with Gasteiger partial charge >= 0.3 is 0 Å². The first kappa shape index (κ1) is 18.9. The SMILES string of the molecule is CCN(CCO)C(=O)CCCCC(=O)N(CC)CCO. The predicted molar refractivity (Wildman–Crippen MR) is 77.1 cm³/mol. The summed E-state index contributed by atoms with van der Waals surface area (Å²) >= 11 is 0. The van der Waals surface area contributed by atoms with Gasteiger partial charge in [-0.3, -0.25) is 9.59 Å². The van der Waals surface area contributed by atoms with Gasteiger partial charge in [0.05, 0.1) is 13.2 Å². The summed E-state index contributed by atoms with van der Waals surface area (Å²) in [5.41, 5.74) is 0. The fraction of sp³-hybridized carbons (Fsp3) is 0.857. The number of hydrogen-bond acceptors (Lipinski definition) is 4. The summed E-state index contributed by atoms with van der Waals surface area (Å²) in [5, 5.41) is 17.7. The van der Waals surface area contributed by atoms with Crippen molar-refractivity contribution in [3.05, 3.63) is 0 Å². The molecule has 0 radical (unpaired) electrons. The molecule has 0 aliphatic rings. The maximum absolute atomic E-state index is 11.8. The van der Waals surface area contributed by atoms with Crippen LogP contribution in [0, 0.1) is 0 Å². The number of unbranched alkanes of at least 4 members (excludes halogenated alkanes) is 1. The zero-order valence-electron chi connectivity index (χ0n) is 12.7. The van der Waals surface area contributed by atoms with E-state index in [4.69, 9.17) is 10.2 Å². The van der Waals surface area contributed by atoms with Gasteiger partial charge in [-0.1, -0.05) is 0 Å². The molecule has 0 aromatic heterocycles. The Morgan fingerprint density at radius 2 is 1.15 bits per heavy atom. The first-order valence-electron chi connectivity index (χ1n) is 7.37. The van der Waals surface area contributed by atoms with Crippen molar-refractivity contribution in [1.82, 2.24) is 9.80 Å². The quantitative estimate of drug-likeness (QED) is 0.533. The number of carbonyl (C=O) groups is 2. The Labute approximate surface area is 121 Å². The minimum Gasteiger partial charge on any atom is -0.395 e. The molecule has 0 saturated heterocycles. The minimum absolute atomic E-state index is 0.0231. The summed E-state index contributed by atoms with van der Waals surface area (Å²) < 4.78 is 0. The maximum atomic E-state index is 11.8. The van der Waals surface area contributed by atoms with Gasteiger partial charge in [-0.25, -0.2) is 0 Å². The molecule has 0 rings (SSSR count). The fourth-order valence-corrected chi connectivity index (χ4v) is 2.03. The Morgan fingerprint density at radius 3 is 1.40 bits per heavy atom. The fourth-order valence-electron chi connectivity index (χ4n) is 2.03. The van der Waals surface area contributed by atoms with Gasteiger partial charge in [0.2, 0.25) is 11.8 Å². The molecule has 6 heteroatoms. The Hall–Kier alpha value is -1.14. The van der Waals surface area contributed by atoms with Crippen molar-refractivity contribution in [2.24, 2.45) is 0 Å². The molecule has 0 aliphatic heterocycles. The molecule has 20 heavy (non-hydrogen) atoms. The van der Waals surface area contributed by atoms with Crippen molar-refractivity contribution < 1.29 is 19.8 Å². The van der Waals surface area contributed by atoms with Crippen LogP contribution in [0.3, 0.4) is 0 Å². The Balaban J connectivity index is 3.89. The zero-order chi connectivity index (χ0) is 15.4. The van der Waals surface area contributed by atoms with Crippen LogP contribution < -0.4 is 0 Å². The standard InChI is InChI=1S/C14H28N2O4/c1-3-15(9-11-17)13(19)7-5-6-8-14(20)16(4-2)10-12-18/h17-18H,3-12H2,1-2H3. The number of likely N-dealkylation sites (N-methyl/N-ethyl adjacent to an activating group) is 2. The Bertz CT molecular complexity index is 256. The molecule has 118 valence electrons. The Morgan fingerprint density at radius 1 is 0.800 bits per heavy atom. The molecule has 2 amide bonds. The average molecular weight is 288 g/mol. The molecule has 6 nitrogen and oxygen atoms in total. The molecule has 0 heterocycles. The highest BCUT2D eigenvalue weighted by Gasteiger charge is 2.13. The molecule has 0 bridgehead atoms. The van der Waals surface area contributed by atoms with Crippen LogP contribution in [-0.2, 0) is 9.59 Å². The topological polar surface area (TPSA) is 81.1 Å². The number of hydrogen-bond donors (Lipinski definition) is 2. The highest BCUT2D eigenvalue weighted by atomic mass is 16.3. The molecule has 0 aromatic carbocycles. The lowest BCUT2D eigenvalue weighted by Crippen LogP contribution is -2.34. The number of carbonyl (C=O) groups excluding carboxylic acids is 2. The van der Waals surface area contributed by atoms with Gasteiger partial charge in [0.1, 0.15) is 0 Å². The van der Waals surface area contributed by atoms with E-state index in [1.54, 1.807) is 9.80 Å². The van der Waals surface area contributed by atoms with Crippen LogP contribution in [0.2, 0.25) is 0 Å². The number of amides is 2. The second kappa shape index (κ2) is 11.7. The number of nitrogens with zero attached hydrogens (tertiary/aromatic N) is 2.